The van der Waals surface area contributed by atoms with Crippen molar-refractivity contribution in [1.29, 1.82) is 0 Å². The van der Waals surface area contributed by atoms with Gasteiger partial charge in [0, 0.05) is 18.7 Å². The van der Waals surface area contributed by atoms with Crippen LogP contribution in [0.4, 0.5) is 0 Å². The topological polar surface area (TPSA) is 62.9 Å². The van der Waals surface area contributed by atoms with Gasteiger partial charge in [-0.1, -0.05) is 6.42 Å². The lowest BCUT2D eigenvalue weighted by molar-refractivity contribution is 0.0561. The molecule has 1 saturated carbocycles. The molecule has 0 spiro atoms. The van der Waals surface area contributed by atoms with E-state index in [0.717, 1.165) is 31.4 Å². The fourth-order valence-electron chi connectivity index (χ4n) is 2.72. The third kappa shape index (κ3) is 3.36. The summed E-state index contributed by atoms with van der Waals surface area (Å²) in [5.41, 5.74) is 0.821. The van der Waals surface area contributed by atoms with Crippen molar-refractivity contribution in [3.8, 4) is 0 Å². The Morgan fingerprint density at radius 2 is 2.37 bits per heavy atom. The Hall–Kier alpha value is -1.33. The molecule has 1 aliphatic carbocycles. The monoisotopic (exact) mass is 267 g/mol. The van der Waals surface area contributed by atoms with Gasteiger partial charge in [-0.3, -0.25) is 0 Å². The van der Waals surface area contributed by atoms with Crippen LogP contribution in [0.1, 0.15) is 35.4 Å². The van der Waals surface area contributed by atoms with Crippen molar-refractivity contribution >= 4 is 5.97 Å². The second-order valence-corrected chi connectivity index (χ2v) is 5.22. The van der Waals surface area contributed by atoms with Crippen LogP contribution in [0.15, 0.2) is 16.7 Å². The summed E-state index contributed by atoms with van der Waals surface area (Å²) in [5, 5.41) is 9.83. The molecule has 5 heteroatoms. The number of hydrogen-bond acceptors (Lipinski definition) is 5. The minimum Gasteiger partial charge on any atom is -0.463 e. The van der Waals surface area contributed by atoms with E-state index in [-0.39, 0.29) is 11.9 Å². The normalized spacial score (nSPS) is 22.9. The van der Waals surface area contributed by atoms with Crippen LogP contribution in [0.5, 0.6) is 0 Å². The number of nitrogens with zero attached hydrogens (tertiary/aromatic N) is 1. The van der Waals surface area contributed by atoms with E-state index in [1.807, 2.05) is 7.05 Å². The van der Waals surface area contributed by atoms with Crippen LogP contribution < -0.4 is 0 Å². The quantitative estimate of drug-likeness (QED) is 0.822. The number of esters is 1. The molecule has 1 aliphatic rings. The Morgan fingerprint density at radius 3 is 3.00 bits per heavy atom. The zero-order chi connectivity index (χ0) is 13.8. The molecule has 0 aromatic carbocycles. The predicted octanol–water partition coefficient (Wildman–Crippen LogP) is 1.66. The molecule has 0 saturated heterocycles. The van der Waals surface area contributed by atoms with Crippen LogP contribution in [-0.2, 0) is 11.3 Å². The van der Waals surface area contributed by atoms with E-state index >= 15 is 0 Å². The zero-order valence-corrected chi connectivity index (χ0v) is 11.5. The molecule has 1 fully saturated rings. The molecule has 0 amide bonds. The van der Waals surface area contributed by atoms with Gasteiger partial charge in [0.05, 0.1) is 19.5 Å². The first kappa shape index (κ1) is 14.1. The number of furan rings is 1. The van der Waals surface area contributed by atoms with E-state index in [4.69, 9.17) is 4.42 Å². The molecule has 1 aromatic heterocycles. The molecule has 1 heterocycles. The molecular formula is C14H21NO4. The summed E-state index contributed by atoms with van der Waals surface area (Å²) in [6, 6.07) is 1.79. The van der Waals surface area contributed by atoms with Crippen LogP contribution in [-0.4, -0.2) is 42.8 Å². The highest BCUT2D eigenvalue weighted by Crippen LogP contribution is 2.26. The molecule has 0 bridgehead atoms. The predicted molar refractivity (Wildman–Crippen MR) is 69.7 cm³/mol. The van der Waals surface area contributed by atoms with Crippen molar-refractivity contribution < 1.29 is 19.1 Å². The number of aliphatic hydroxyl groups excluding tert-OH is 1. The van der Waals surface area contributed by atoms with E-state index in [2.05, 4.69) is 9.64 Å². The number of methoxy groups -OCH3 is 1. The van der Waals surface area contributed by atoms with Crippen molar-refractivity contribution in [2.24, 2.45) is 5.92 Å². The molecule has 2 atom stereocenters. The fourth-order valence-corrected chi connectivity index (χ4v) is 2.72. The average Bonchev–Trinajstić information content (AvgIpc) is 2.99. The summed E-state index contributed by atoms with van der Waals surface area (Å²) in [7, 11) is 3.33. The van der Waals surface area contributed by atoms with Gasteiger partial charge >= 0.3 is 5.97 Å². The van der Waals surface area contributed by atoms with Crippen molar-refractivity contribution in [2.75, 3.05) is 20.7 Å². The van der Waals surface area contributed by atoms with E-state index in [1.54, 1.807) is 6.07 Å². The Morgan fingerprint density at radius 1 is 1.58 bits per heavy atom. The molecule has 0 radical (unpaired) electrons. The smallest absolute Gasteiger partial charge is 0.374 e. The van der Waals surface area contributed by atoms with Crippen molar-refractivity contribution in [1.82, 2.24) is 4.90 Å². The second-order valence-electron chi connectivity index (χ2n) is 5.22. The first-order chi connectivity index (χ1) is 9.11. The van der Waals surface area contributed by atoms with Gasteiger partial charge in [0.15, 0.2) is 0 Å². The first-order valence-corrected chi connectivity index (χ1v) is 6.63. The van der Waals surface area contributed by atoms with Gasteiger partial charge in [0.1, 0.15) is 0 Å². The Kier molecular flexibility index (Phi) is 4.61. The molecule has 0 aliphatic heterocycles. The van der Waals surface area contributed by atoms with E-state index in [9.17, 15) is 9.90 Å². The Balaban J connectivity index is 1.93. The van der Waals surface area contributed by atoms with Gasteiger partial charge in [-0.15, -0.1) is 0 Å². The maximum atomic E-state index is 11.5. The lowest BCUT2D eigenvalue weighted by atomic mass is 10.1. The SMILES string of the molecule is COC(=O)c1occc1CN(C)CC1CCCC1O. The average molecular weight is 267 g/mol. The largest absolute Gasteiger partial charge is 0.463 e. The molecule has 106 valence electrons. The summed E-state index contributed by atoms with van der Waals surface area (Å²) in [6.07, 6.45) is 4.38. The third-order valence-electron chi connectivity index (χ3n) is 3.72. The first-order valence-electron chi connectivity index (χ1n) is 6.63. The zero-order valence-electron chi connectivity index (χ0n) is 11.5. The minimum absolute atomic E-state index is 0.188. The molecule has 19 heavy (non-hydrogen) atoms. The highest BCUT2D eigenvalue weighted by Gasteiger charge is 2.26. The van der Waals surface area contributed by atoms with Gasteiger partial charge in [-0.25, -0.2) is 4.79 Å². The highest BCUT2D eigenvalue weighted by atomic mass is 16.5. The summed E-state index contributed by atoms with van der Waals surface area (Å²) >= 11 is 0. The number of ether oxygens (including phenoxy) is 1. The van der Waals surface area contributed by atoms with Crippen LogP contribution >= 0.6 is 0 Å². The number of aliphatic hydroxyl groups is 1. The van der Waals surface area contributed by atoms with Crippen LogP contribution in [0, 0.1) is 5.92 Å². The van der Waals surface area contributed by atoms with Crippen LogP contribution in [0.25, 0.3) is 0 Å². The maximum absolute atomic E-state index is 11.5. The van der Waals surface area contributed by atoms with Gasteiger partial charge in [-0.05, 0) is 31.9 Å². The molecule has 1 aromatic rings. The fraction of sp³-hybridized carbons (Fsp3) is 0.643. The highest BCUT2D eigenvalue weighted by molar-refractivity contribution is 5.87. The summed E-state index contributed by atoms with van der Waals surface area (Å²) in [4.78, 5) is 13.6. The molecule has 2 unspecified atom stereocenters. The maximum Gasteiger partial charge on any atom is 0.374 e. The van der Waals surface area contributed by atoms with Crippen molar-refractivity contribution in [3.63, 3.8) is 0 Å². The summed E-state index contributed by atoms with van der Waals surface area (Å²) < 4.78 is 9.83. The van der Waals surface area contributed by atoms with Crippen molar-refractivity contribution in [3.05, 3.63) is 23.7 Å². The third-order valence-corrected chi connectivity index (χ3v) is 3.72. The number of carbonyl (C=O) groups excluding carboxylic acids is 1. The Labute approximate surface area is 113 Å². The molecule has 2 rings (SSSR count). The number of hydrogen-bond donors (Lipinski definition) is 1. The number of carbonyl (C=O) groups is 1. The summed E-state index contributed by atoms with van der Waals surface area (Å²) in [6.45, 7) is 1.44. The van der Waals surface area contributed by atoms with Crippen LogP contribution in [0.3, 0.4) is 0 Å². The molecular weight excluding hydrogens is 246 g/mol. The number of rotatable bonds is 5. The van der Waals surface area contributed by atoms with Crippen molar-refractivity contribution in [2.45, 2.75) is 31.9 Å². The molecule has 5 nitrogen and oxygen atoms in total. The van der Waals surface area contributed by atoms with Gasteiger partial charge in [-0.2, -0.15) is 0 Å². The lowest BCUT2D eigenvalue weighted by Gasteiger charge is -2.22. The van der Waals surface area contributed by atoms with Crippen LogP contribution in [0.2, 0.25) is 0 Å². The standard InChI is InChI=1S/C14H21NO4/c1-15(8-10-4-3-5-12(10)16)9-11-6-7-19-13(11)14(17)18-2/h6-7,10,12,16H,3-5,8-9H2,1-2H3. The van der Waals surface area contributed by atoms with E-state index < -0.39 is 5.97 Å². The van der Waals surface area contributed by atoms with Gasteiger partial charge < -0.3 is 19.2 Å². The second kappa shape index (κ2) is 6.21. The van der Waals surface area contributed by atoms with E-state index in [0.29, 0.717) is 12.5 Å². The summed E-state index contributed by atoms with van der Waals surface area (Å²) in [5.74, 6) is 0.147. The van der Waals surface area contributed by atoms with Gasteiger partial charge in [0.25, 0.3) is 0 Å². The molecule has 1 N–H and O–H groups in total. The lowest BCUT2D eigenvalue weighted by Crippen LogP contribution is -2.29. The minimum atomic E-state index is -0.450. The van der Waals surface area contributed by atoms with Gasteiger partial charge in [0.2, 0.25) is 5.76 Å². The van der Waals surface area contributed by atoms with E-state index in [1.165, 1.54) is 13.4 Å². The Bertz CT molecular complexity index is 429.